The highest BCUT2D eigenvalue weighted by Gasteiger charge is 2.37. The van der Waals surface area contributed by atoms with Crippen molar-refractivity contribution in [1.82, 2.24) is 10.2 Å². The molecule has 18 heavy (non-hydrogen) atoms. The Morgan fingerprint density at radius 3 is 2.78 bits per heavy atom. The Morgan fingerprint density at radius 1 is 1.44 bits per heavy atom. The fraction of sp³-hybridized carbons (Fsp3) is 0.929. The molecule has 104 valence electrons. The van der Waals surface area contributed by atoms with Gasteiger partial charge in [-0.3, -0.25) is 4.79 Å². The van der Waals surface area contributed by atoms with Crippen LogP contribution in [0.2, 0.25) is 0 Å². The van der Waals surface area contributed by atoms with Gasteiger partial charge in [-0.25, -0.2) is 0 Å². The highest BCUT2D eigenvalue weighted by atomic mass is 16.5. The number of likely N-dealkylation sites (tertiary alicyclic amines) is 1. The van der Waals surface area contributed by atoms with Crippen LogP contribution in [0.15, 0.2) is 0 Å². The van der Waals surface area contributed by atoms with Crippen LogP contribution in [0, 0.1) is 5.41 Å². The Hall–Kier alpha value is -0.610. The zero-order chi connectivity index (χ0) is 13.0. The molecule has 0 aromatic rings. The minimum atomic E-state index is 0.213. The molecule has 0 radical (unpaired) electrons. The molecule has 0 aromatic heterocycles. The molecule has 2 heterocycles. The molecule has 1 N–H and O–H groups in total. The van der Waals surface area contributed by atoms with Crippen LogP contribution >= 0.6 is 0 Å². The maximum absolute atomic E-state index is 12.3. The van der Waals surface area contributed by atoms with Gasteiger partial charge in [0.1, 0.15) is 0 Å². The highest BCUT2D eigenvalue weighted by Crippen LogP contribution is 2.37. The summed E-state index contributed by atoms with van der Waals surface area (Å²) in [5.41, 5.74) is 0.381. The van der Waals surface area contributed by atoms with Crippen LogP contribution < -0.4 is 5.32 Å². The van der Waals surface area contributed by atoms with E-state index in [1.807, 2.05) is 0 Å². The number of rotatable bonds is 4. The van der Waals surface area contributed by atoms with Gasteiger partial charge in [0.25, 0.3) is 0 Å². The Labute approximate surface area is 110 Å². The van der Waals surface area contributed by atoms with E-state index in [0.29, 0.717) is 24.3 Å². The number of ether oxygens (including phenoxy) is 1. The number of carbonyl (C=O) groups excluding carboxylic acids is 1. The van der Waals surface area contributed by atoms with Crippen molar-refractivity contribution in [3.8, 4) is 0 Å². The summed E-state index contributed by atoms with van der Waals surface area (Å²) in [6.07, 6.45) is 4.11. The zero-order valence-corrected chi connectivity index (χ0v) is 11.7. The summed E-state index contributed by atoms with van der Waals surface area (Å²) >= 11 is 0. The van der Waals surface area contributed by atoms with E-state index in [4.69, 9.17) is 4.74 Å². The predicted molar refractivity (Wildman–Crippen MR) is 71.4 cm³/mol. The van der Waals surface area contributed by atoms with Gasteiger partial charge in [-0.15, -0.1) is 0 Å². The van der Waals surface area contributed by atoms with Crippen LogP contribution in [0.4, 0.5) is 0 Å². The van der Waals surface area contributed by atoms with E-state index in [1.54, 1.807) is 0 Å². The largest absolute Gasteiger partial charge is 0.378 e. The Balaban J connectivity index is 1.83. The van der Waals surface area contributed by atoms with Gasteiger partial charge in [0, 0.05) is 32.1 Å². The molecule has 4 heteroatoms. The number of nitrogens with zero attached hydrogens (tertiary/aromatic N) is 1. The number of carbonyl (C=O) groups is 1. The molecular weight excluding hydrogens is 228 g/mol. The molecule has 0 aromatic carbocycles. The first-order chi connectivity index (χ1) is 8.69. The second kappa shape index (κ2) is 6.02. The van der Waals surface area contributed by atoms with Crippen LogP contribution in [-0.2, 0) is 9.53 Å². The quantitative estimate of drug-likeness (QED) is 0.824. The number of amides is 1. The van der Waals surface area contributed by atoms with Crippen molar-refractivity contribution >= 4 is 5.91 Å². The van der Waals surface area contributed by atoms with Crippen molar-refractivity contribution in [3.05, 3.63) is 0 Å². The number of hydrogen-bond donors (Lipinski definition) is 1. The third-order valence-corrected chi connectivity index (χ3v) is 4.71. The second-order valence-corrected chi connectivity index (χ2v) is 5.70. The van der Waals surface area contributed by atoms with E-state index in [2.05, 4.69) is 24.1 Å². The fourth-order valence-corrected chi connectivity index (χ4v) is 3.07. The lowest BCUT2D eigenvalue weighted by atomic mass is 9.82. The average molecular weight is 254 g/mol. The van der Waals surface area contributed by atoms with E-state index in [-0.39, 0.29) is 6.04 Å². The maximum Gasteiger partial charge on any atom is 0.224 e. The van der Waals surface area contributed by atoms with Crippen LogP contribution in [0.25, 0.3) is 0 Å². The Bertz CT molecular complexity index is 284. The second-order valence-electron chi connectivity index (χ2n) is 5.70. The summed E-state index contributed by atoms with van der Waals surface area (Å²) in [7, 11) is 0. The third-order valence-electron chi connectivity index (χ3n) is 4.71. The van der Waals surface area contributed by atoms with Crippen molar-refractivity contribution < 1.29 is 9.53 Å². The molecule has 2 aliphatic heterocycles. The van der Waals surface area contributed by atoms with Crippen LogP contribution in [0.3, 0.4) is 0 Å². The minimum Gasteiger partial charge on any atom is -0.378 e. The Morgan fingerprint density at radius 2 is 2.22 bits per heavy atom. The van der Waals surface area contributed by atoms with Crippen molar-refractivity contribution in [3.63, 3.8) is 0 Å². The van der Waals surface area contributed by atoms with E-state index in [0.717, 1.165) is 26.2 Å². The molecule has 0 saturated carbocycles. The van der Waals surface area contributed by atoms with Gasteiger partial charge in [-0.2, -0.15) is 0 Å². The SMILES string of the molecule is CCC1(CC)CCN(C(=O)CC2COCCN2)C1. The molecule has 1 amide bonds. The van der Waals surface area contributed by atoms with Gasteiger partial charge in [-0.05, 0) is 24.7 Å². The summed E-state index contributed by atoms with van der Waals surface area (Å²) < 4.78 is 5.40. The molecular formula is C14H26N2O2. The lowest BCUT2D eigenvalue weighted by molar-refractivity contribution is -0.131. The van der Waals surface area contributed by atoms with Crippen molar-refractivity contribution in [1.29, 1.82) is 0 Å². The molecule has 0 bridgehead atoms. The molecule has 0 aliphatic carbocycles. The van der Waals surface area contributed by atoms with Crippen LogP contribution in [0.1, 0.15) is 39.5 Å². The molecule has 1 unspecified atom stereocenters. The molecule has 0 spiro atoms. The normalized spacial score (nSPS) is 27.4. The van der Waals surface area contributed by atoms with Gasteiger partial charge < -0.3 is 15.0 Å². The first-order valence-electron chi connectivity index (χ1n) is 7.28. The van der Waals surface area contributed by atoms with Gasteiger partial charge in [0.15, 0.2) is 0 Å². The average Bonchev–Trinajstić information content (AvgIpc) is 2.85. The monoisotopic (exact) mass is 254 g/mol. The third kappa shape index (κ3) is 3.04. The lowest BCUT2D eigenvalue weighted by Crippen LogP contribution is -2.45. The molecule has 2 fully saturated rings. The van der Waals surface area contributed by atoms with Gasteiger partial charge in [-0.1, -0.05) is 13.8 Å². The molecule has 2 rings (SSSR count). The first-order valence-corrected chi connectivity index (χ1v) is 7.28. The predicted octanol–water partition coefficient (Wildman–Crippen LogP) is 1.40. The Kier molecular flexibility index (Phi) is 4.62. The van der Waals surface area contributed by atoms with Crippen LogP contribution in [0.5, 0.6) is 0 Å². The van der Waals surface area contributed by atoms with Crippen molar-refractivity contribution in [2.24, 2.45) is 5.41 Å². The zero-order valence-electron chi connectivity index (χ0n) is 11.7. The number of nitrogens with one attached hydrogen (secondary N) is 1. The minimum absolute atomic E-state index is 0.213. The van der Waals surface area contributed by atoms with Gasteiger partial charge >= 0.3 is 0 Å². The molecule has 4 nitrogen and oxygen atoms in total. The smallest absolute Gasteiger partial charge is 0.224 e. The molecule has 2 saturated heterocycles. The summed E-state index contributed by atoms with van der Waals surface area (Å²) in [5.74, 6) is 0.293. The standard InChI is InChI=1S/C14H26N2O2/c1-3-14(4-2)5-7-16(11-14)13(17)9-12-10-18-8-6-15-12/h12,15H,3-11H2,1-2H3. The number of morpholine rings is 1. The fourth-order valence-electron chi connectivity index (χ4n) is 3.07. The van der Waals surface area contributed by atoms with E-state index >= 15 is 0 Å². The van der Waals surface area contributed by atoms with E-state index in [1.165, 1.54) is 19.3 Å². The summed E-state index contributed by atoms with van der Waals surface area (Å²) in [6.45, 7) is 8.68. The summed E-state index contributed by atoms with van der Waals surface area (Å²) in [4.78, 5) is 14.3. The van der Waals surface area contributed by atoms with Crippen LogP contribution in [-0.4, -0.2) is 49.7 Å². The van der Waals surface area contributed by atoms with Gasteiger partial charge in [0.05, 0.1) is 13.2 Å². The summed E-state index contributed by atoms with van der Waals surface area (Å²) in [5, 5.41) is 3.35. The molecule has 2 aliphatic rings. The van der Waals surface area contributed by atoms with E-state index in [9.17, 15) is 4.79 Å². The summed E-state index contributed by atoms with van der Waals surface area (Å²) in [6, 6.07) is 0.213. The molecule has 1 atom stereocenters. The van der Waals surface area contributed by atoms with E-state index < -0.39 is 0 Å². The maximum atomic E-state index is 12.3. The first kappa shape index (κ1) is 13.8. The van der Waals surface area contributed by atoms with Crippen molar-refractivity contribution in [2.45, 2.75) is 45.6 Å². The van der Waals surface area contributed by atoms with Crippen molar-refractivity contribution in [2.75, 3.05) is 32.8 Å². The van der Waals surface area contributed by atoms with Gasteiger partial charge in [0.2, 0.25) is 5.91 Å². The number of hydrogen-bond acceptors (Lipinski definition) is 3. The lowest BCUT2D eigenvalue weighted by Gasteiger charge is -2.28. The highest BCUT2D eigenvalue weighted by molar-refractivity contribution is 5.77. The topological polar surface area (TPSA) is 41.6 Å².